The van der Waals surface area contributed by atoms with E-state index in [2.05, 4.69) is 5.10 Å². The lowest BCUT2D eigenvalue weighted by Crippen LogP contribution is -2.10. The quantitative estimate of drug-likeness (QED) is 0.629. The van der Waals surface area contributed by atoms with E-state index in [9.17, 15) is 4.79 Å². The molecule has 0 atom stereocenters. The number of para-hydroxylation sites is 1. The number of hydrogen-bond donors (Lipinski definition) is 0. The normalized spacial score (nSPS) is 11.0. The van der Waals surface area contributed by atoms with Gasteiger partial charge < -0.3 is 4.74 Å². The van der Waals surface area contributed by atoms with Crippen LogP contribution in [0.25, 0.3) is 5.69 Å². The topological polar surface area (TPSA) is 44.1 Å². The highest BCUT2D eigenvalue weighted by molar-refractivity contribution is 7.12. The number of nitrogens with zero attached hydrogens (tertiary/aromatic N) is 2. The zero-order valence-corrected chi connectivity index (χ0v) is 14.3. The van der Waals surface area contributed by atoms with Gasteiger partial charge in [0.25, 0.3) is 0 Å². The highest BCUT2D eigenvalue weighted by atomic mass is 35.5. The summed E-state index contributed by atoms with van der Waals surface area (Å²) in [5, 5.41) is 6.91. The molecule has 118 valence electrons. The highest BCUT2D eigenvalue weighted by Crippen LogP contribution is 2.28. The van der Waals surface area contributed by atoms with Gasteiger partial charge in [0.15, 0.2) is 0 Å². The van der Waals surface area contributed by atoms with Gasteiger partial charge in [-0.2, -0.15) is 9.78 Å². The molecule has 0 radical (unpaired) electrons. The van der Waals surface area contributed by atoms with Crippen molar-refractivity contribution in [3.8, 4) is 11.6 Å². The number of halogens is 1. The van der Waals surface area contributed by atoms with Crippen LogP contribution in [0.5, 0.6) is 5.88 Å². The first-order valence-electron chi connectivity index (χ1n) is 7.17. The van der Waals surface area contributed by atoms with Crippen molar-refractivity contribution in [2.45, 2.75) is 19.8 Å². The van der Waals surface area contributed by atoms with E-state index in [0.717, 1.165) is 5.69 Å². The van der Waals surface area contributed by atoms with Crippen molar-refractivity contribution < 1.29 is 9.53 Å². The van der Waals surface area contributed by atoms with Gasteiger partial charge in [-0.25, -0.2) is 4.79 Å². The summed E-state index contributed by atoms with van der Waals surface area (Å²) in [5.74, 6) is 0.168. The van der Waals surface area contributed by atoms with E-state index in [4.69, 9.17) is 16.3 Å². The average Bonchev–Trinajstić information content (AvgIpc) is 3.17. The number of carbonyl (C=O) groups excluding carboxylic acids is 1. The van der Waals surface area contributed by atoms with Crippen molar-refractivity contribution in [1.29, 1.82) is 0 Å². The Morgan fingerprint density at radius 2 is 2.04 bits per heavy atom. The molecule has 0 N–H and O–H groups in total. The van der Waals surface area contributed by atoms with E-state index in [0.29, 0.717) is 21.5 Å². The molecule has 1 aromatic carbocycles. The second-order valence-corrected chi connectivity index (χ2v) is 6.65. The van der Waals surface area contributed by atoms with Crippen LogP contribution in [0.3, 0.4) is 0 Å². The number of aromatic nitrogens is 2. The van der Waals surface area contributed by atoms with Gasteiger partial charge in [0.2, 0.25) is 5.88 Å². The first-order valence-corrected chi connectivity index (χ1v) is 8.42. The van der Waals surface area contributed by atoms with Crippen LogP contribution >= 0.6 is 22.9 Å². The Labute approximate surface area is 143 Å². The summed E-state index contributed by atoms with van der Waals surface area (Å²) in [6.45, 7) is 4.06. The maximum Gasteiger partial charge on any atom is 0.355 e. The standard InChI is InChI=1S/C17H15ClN2O2S/c1-11(2)13-10-16(22-17(21)15-8-5-9-23-15)20(19-13)14-7-4-3-6-12(14)18/h3-11H,1-2H3. The molecule has 0 saturated heterocycles. The third kappa shape index (κ3) is 3.30. The third-order valence-corrected chi connectivity index (χ3v) is 4.46. The largest absolute Gasteiger partial charge is 0.403 e. The Morgan fingerprint density at radius 1 is 1.26 bits per heavy atom. The van der Waals surface area contributed by atoms with Crippen molar-refractivity contribution >= 4 is 28.9 Å². The Bertz CT molecular complexity index is 825. The van der Waals surface area contributed by atoms with Crippen LogP contribution in [0, 0.1) is 0 Å². The first-order chi connectivity index (χ1) is 11.1. The van der Waals surface area contributed by atoms with E-state index < -0.39 is 5.97 Å². The Kier molecular flexibility index (Phi) is 4.50. The van der Waals surface area contributed by atoms with Crippen molar-refractivity contribution in [2.75, 3.05) is 0 Å². The molecule has 0 fully saturated rings. The minimum atomic E-state index is -0.400. The molecule has 0 spiro atoms. The van der Waals surface area contributed by atoms with Crippen molar-refractivity contribution in [3.05, 3.63) is 63.4 Å². The molecular formula is C17H15ClN2O2S. The van der Waals surface area contributed by atoms with Gasteiger partial charge in [0.1, 0.15) is 4.88 Å². The summed E-state index contributed by atoms with van der Waals surface area (Å²) in [5.41, 5.74) is 1.51. The molecule has 23 heavy (non-hydrogen) atoms. The van der Waals surface area contributed by atoms with Gasteiger partial charge in [-0.05, 0) is 29.5 Å². The summed E-state index contributed by atoms with van der Waals surface area (Å²) in [7, 11) is 0. The monoisotopic (exact) mass is 346 g/mol. The summed E-state index contributed by atoms with van der Waals surface area (Å²) < 4.78 is 7.12. The zero-order valence-electron chi connectivity index (χ0n) is 12.7. The second kappa shape index (κ2) is 6.56. The Morgan fingerprint density at radius 3 is 2.70 bits per heavy atom. The molecule has 2 heterocycles. The molecular weight excluding hydrogens is 332 g/mol. The SMILES string of the molecule is CC(C)c1cc(OC(=O)c2cccs2)n(-c2ccccc2Cl)n1. The minimum Gasteiger partial charge on any atom is -0.403 e. The molecule has 0 bridgehead atoms. The van der Waals surface area contributed by atoms with Gasteiger partial charge in [0, 0.05) is 6.07 Å². The predicted octanol–water partition coefficient (Wildman–Crippen LogP) is 4.93. The fourth-order valence-electron chi connectivity index (χ4n) is 2.07. The lowest BCUT2D eigenvalue weighted by atomic mass is 10.1. The van der Waals surface area contributed by atoms with E-state index in [1.807, 2.05) is 43.5 Å². The second-order valence-electron chi connectivity index (χ2n) is 5.29. The Hall–Kier alpha value is -2.11. The van der Waals surface area contributed by atoms with E-state index in [-0.39, 0.29) is 5.92 Å². The molecule has 0 aliphatic rings. The lowest BCUT2D eigenvalue weighted by Gasteiger charge is -2.08. The van der Waals surface area contributed by atoms with E-state index in [1.54, 1.807) is 22.9 Å². The van der Waals surface area contributed by atoms with Crippen molar-refractivity contribution in [2.24, 2.45) is 0 Å². The minimum absolute atomic E-state index is 0.206. The summed E-state index contributed by atoms with van der Waals surface area (Å²) in [6.07, 6.45) is 0. The van der Waals surface area contributed by atoms with Crippen LogP contribution in [0.15, 0.2) is 47.8 Å². The molecule has 0 saturated carbocycles. The van der Waals surface area contributed by atoms with E-state index in [1.165, 1.54) is 11.3 Å². The summed E-state index contributed by atoms with van der Waals surface area (Å²) in [6, 6.07) is 12.6. The molecule has 4 nitrogen and oxygen atoms in total. The zero-order chi connectivity index (χ0) is 16.4. The third-order valence-electron chi connectivity index (χ3n) is 3.29. The van der Waals surface area contributed by atoms with Gasteiger partial charge in [-0.1, -0.05) is 43.6 Å². The number of benzene rings is 1. The van der Waals surface area contributed by atoms with Gasteiger partial charge in [-0.15, -0.1) is 11.3 Å². The lowest BCUT2D eigenvalue weighted by molar-refractivity contribution is 0.0728. The molecule has 2 aromatic heterocycles. The van der Waals surface area contributed by atoms with Gasteiger partial charge >= 0.3 is 5.97 Å². The van der Waals surface area contributed by atoms with Crippen LogP contribution in [0.4, 0.5) is 0 Å². The molecule has 3 rings (SSSR count). The predicted molar refractivity (Wildman–Crippen MR) is 91.9 cm³/mol. The van der Waals surface area contributed by atoms with Crippen LogP contribution in [0.2, 0.25) is 5.02 Å². The Balaban J connectivity index is 2.02. The van der Waals surface area contributed by atoms with Crippen LogP contribution in [0.1, 0.15) is 35.1 Å². The number of hydrogen-bond acceptors (Lipinski definition) is 4. The summed E-state index contributed by atoms with van der Waals surface area (Å²) in [4.78, 5) is 12.8. The number of carbonyl (C=O) groups is 1. The summed E-state index contributed by atoms with van der Waals surface area (Å²) >= 11 is 7.59. The van der Waals surface area contributed by atoms with Crippen LogP contribution < -0.4 is 4.74 Å². The van der Waals surface area contributed by atoms with Crippen molar-refractivity contribution in [3.63, 3.8) is 0 Å². The van der Waals surface area contributed by atoms with Crippen molar-refractivity contribution in [1.82, 2.24) is 9.78 Å². The maximum absolute atomic E-state index is 12.2. The number of thiophene rings is 1. The average molecular weight is 347 g/mol. The van der Waals surface area contributed by atoms with Crippen LogP contribution in [-0.4, -0.2) is 15.7 Å². The number of rotatable bonds is 4. The van der Waals surface area contributed by atoms with Gasteiger partial charge in [-0.3, -0.25) is 0 Å². The highest BCUT2D eigenvalue weighted by Gasteiger charge is 2.19. The molecule has 3 aromatic rings. The fraction of sp³-hybridized carbons (Fsp3) is 0.176. The maximum atomic E-state index is 12.2. The number of ether oxygens (including phenoxy) is 1. The van der Waals surface area contributed by atoms with E-state index >= 15 is 0 Å². The first kappa shape index (κ1) is 15.8. The fourth-order valence-corrected chi connectivity index (χ4v) is 2.89. The molecule has 0 aliphatic heterocycles. The number of esters is 1. The van der Waals surface area contributed by atoms with Gasteiger partial charge in [0.05, 0.1) is 16.4 Å². The smallest absolute Gasteiger partial charge is 0.355 e. The molecule has 6 heteroatoms. The van der Waals surface area contributed by atoms with Crippen LogP contribution in [-0.2, 0) is 0 Å². The molecule has 0 aliphatic carbocycles. The molecule has 0 amide bonds. The molecule has 0 unspecified atom stereocenters.